The summed E-state index contributed by atoms with van der Waals surface area (Å²) >= 11 is 0. The van der Waals surface area contributed by atoms with Crippen molar-refractivity contribution >= 4 is 22.8 Å². The molecule has 0 bridgehead atoms. The number of hydrogen-bond donors (Lipinski definition) is 3. The van der Waals surface area contributed by atoms with Crippen molar-refractivity contribution in [2.75, 3.05) is 5.32 Å². The first kappa shape index (κ1) is 21.0. The number of nitrogens with one attached hydrogen (secondary N) is 3. The number of aromatic nitrogens is 4. The molecule has 0 atom stereocenters. The van der Waals surface area contributed by atoms with Gasteiger partial charge in [-0.15, -0.1) is 0 Å². The molecule has 0 unspecified atom stereocenters. The molecule has 14 heteroatoms. The number of hydrogen-bond acceptors (Lipinski definition) is 6. The normalized spacial score (nSPS) is 11.5. The van der Waals surface area contributed by atoms with E-state index in [0.29, 0.717) is 6.20 Å². The summed E-state index contributed by atoms with van der Waals surface area (Å²) in [6.45, 7) is -0.106. The van der Waals surface area contributed by atoms with Crippen LogP contribution in [0, 0.1) is 11.6 Å². The number of fused-ring (bicyclic) bond motifs is 1. The van der Waals surface area contributed by atoms with Crippen molar-refractivity contribution in [3.63, 3.8) is 0 Å². The first-order valence-corrected chi connectivity index (χ1v) is 8.72. The van der Waals surface area contributed by atoms with Crippen LogP contribution in [0.5, 0.6) is 11.5 Å². The van der Waals surface area contributed by atoms with Crippen molar-refractivity contribution < 1.29 is 36.0 Å². The Morgan fingerprint density at radius 1 is 1.19 bits per heavy atom. The summed E-state index contributed by atoms with van der Waals surface area (Å²) in [5.74, 6) is -3.75. The molecule has 4 rings (SSSR count). The molecule has 0 aliphatic heterocycles. The van der Waals surface area contributed by atoms with Crippen molar-refractivity contribution in [2.45, 2.75) is 12.7 Å². The van der Waals surface area contributed by atoms with Gasteiger partial charge in [-0.1, -0.05) is 5.16 Å². The molecule has 0 aliphatic carbocycles. The van der Waals surface area contributed by atoms with Gasteiger partial charge in [-0.3, -0.25) is 0 Å². The average molecular weight is 454 g/mol. The van der Waals surface area contributed by atoms with Gasteiger partial charge in [0, 0.05) is 30.2 Å². The number of aromatic amines is 1. The number of carbonyl (C=O) groups excluding carboxylic acids is 1. The molecule has 0 aliphatic rings. The van der Waals surface area contributed by atoms with Crippen molar-refractivity contribution in [3.05, 3.63) is 60.0 Å². The highest BCUT2D eigenvalue weighted by Gasteiger charge is 2.35. The highest BCUT2D eigenvalue weighted by molar-refractivity contribution is 5.89. The van der Waals surface area contributed by atoms with Crippen molar-refractivity contribution in [1.82, 2.24) is 25.4 Å². The number of ether oxygens (including phenoxy) is 1. The average Bonchev–Trinajstić information content (AvgIpc) is 3.39. The fraction of sp³-hybridized carbons (Fsp3) is 0.111. The monoisotopic (exact) mass is 454 g/mol. The molecule has 9 nitrogen and oxygen atoms in total. The second-order valence-electron chi connectivity index (χ2n) is 6.26. The summed E-state index contributed by atoms with van der Waals surface area (Å²) < 4.78 is 78.4. The van der Waals surface area contributed by atoms with Crippen LogP contribution in [0.4, 0.5) is 32.4 Å². The van der Waals surface area contributed by atoms with Crippen LogP contribution in [-0.2, 0) is 12.7 Å². The topological polar surface area (TPSA) is 118 Å². The van der Waals surface area contributed by atoms with Gasteiger partial charge in [-0.25, -0.2) is 18.6 Å². The first-order chi connectivity index (χ1) is 15.2. The summed E-state index contributed by atoms with van der Waals surface area (Å²) in [6, 6.07) is 1.71. The summed E-state index contributed by atoms with van der Waals surface area (Å²) in [7, 11) is 0. The van der Waals surface area contributed by atoms with Crippen LogP contribution in [0.15, 0.2) is 41.5 Å². The number of urea groups is 1. The predicted octanol–water partition coefficient (Wildman–Crippen LogP) is 4.36. The van der Waals surface area contributed by atoms with E-state index < -0.39 is 46.3 Å². The second kappa shape index (κ2) is 8.13. The molecule has 0 spiro atoms. The Kier molecular flexibility index (Phi) is 5.34. The molecule has 0 saturated heterocycles. The van der Waals surface area contributed by atoms with Gasteiger partial charge in [-0.2, -0.15) is 18.2 Å². The van der Waals surface area contributed by atoms with E-state index in [1.807, 2.05) is 0 Å². The Morgan fingerprint density at radius 3 is 2.59 bits per heavy atom. The van der Waals surface area contributed by atoms with Crippen LogP contribution in [0.1, 0.15) is 11.4 Å². The molecular weight excluding hydrogens is 443 g/mol. The number of nitrogens with zero attached hydrogens (tertiary/aromatic N) is 3. The minimum Gasteiger partial charge on any atom is -0.450 e. The molecule has 3 aromatic heterocycles. The lowest BCUT2D eigenvalue weighted by molar-refractivity contribution is -0.136. The van der Waals surface area contributed by atoms with Gasteiger partial charge < -0.3 is 24.9 Å². The molecule has 166 valence electrons. The smallest absolute Gasteiger partial charge is 0.418 e. The van der Waals surface area contributed by atoms with E-state index in [1.54, 1.807) is 0 Å². The zero-order valence-corrected chi connectivity index (χ0v) is 15.6. The van der Waals surface area contributed by atoms with Gasteiger partial charge in [-0.05, 0) is 6.07 Å². The molecule has 4 aromatic rings. The quantitative estimate of drug-likeness (QED) is 0.386. The number of H-pyrrole nitrogens is 1. The number of halogens is 5. The largest absolute Gasteiger partial charge is 0.450 e. The van der Waals surface area contributed by atoms with Crippen molar-refractivity contribution in [1.29, 1.82) is 0 Å². The minimum atomic E-state index is -4.75. The van der Waals surface area contributed by atoms with Gasteiger partial charge >= 0.3 is 12.2 Å². The third-order valence-electron chi connectivity index (χ3n) is 4.12. The zero-order valence-electron chi connectivity index (χ0n) is 15.6. The summed E-state index contributed by atoms with van der Waals surface area (Å²) in [4.78, 5) is 21.6. The number of anilines is 1. The standard InChI is InChI=1S/C18H11F5N6O3/c19-10-3-8(28-17(30)26-6-13-27-7-31-29-13)4-11(20)15(10)32-12-1-2-24-16-14(12)9(5-25-16)18(21,22)23/h1-5,7H,6H2,(H,24,25)(H2,26,28,30). The van der Waals surface area contributed by atoms with Gasteiger partial charge in [0.25, 0.3) is 0 Å². The lowest BCUT2D eigenvalue weighted by Crippen LogP contribution is -2.28. The van der Waals surface area contributed by atoms with Crippen LogP contribution in [0.2, 0.25) is 0 Å². The zero-order chi connectivity index (χ0) is 22.9. The Hall–Kier alpha value is -4.23. The number of benzene rings is 1. The maximum atomic E-state index is 14.5. The molecule has 3 N–H and O–H groups in total. The molecule has 2 amide bonds. The highest BCUT2D eigenvalue weighted by Crippen LogP contribution is 2.40. The lowest BCUT2D eigenvalue weighted by Gasteiger charge is -2.13. The molecule has 0 radical (unpaired) electrons. The number of rotatable bonds is 5. The van der Waals surface area contributed by atoms with E-state index >= 15 is 0 Å². The first-order valence-electron chi connectivity index (χ1n) is 8.72. The Labute approximate surface area is 174 Å². The number of pyridine rings is 1. The van der Waals surface area contributed by atoms with E-state index in [9.17, 15) is 26.7 Å². The van der Waals surface area contributed by atoms with Gasteiger partial charge in [0.05, 0.1) is 17.5 Å². The van der Waals surface area contributed by atoms with Crippen LogP contribution < -0.4 is 15.4 Å². The predicted molar refractivity (Wildman–Crippen MR) is 97.7 cm³/mol. The van der Waals surface area contributed by atoms with Gasteiger partial charge in [0.1, 0.15) is 11.4 Å². The maximum Gasteiger partial charge on any atom is 0.418 e. The lowest BCUT2D eigenvalue weighted by atomic mass is 10.2. The third-order valence-corrected chi connectivity index (χ3v) is 4.12. The number of carbonyl (C=O) groups is 1. The van der Waals surface area contributed by atoms with E-state index in [0.717, 1.165) is 30.8 Å². The molecule has 0 saturated carbocycles. The number of amides is 2. The number of alkyl halides is 3. The minimum absolute atomic E-state index is 0.106. The van der Waals surface area contributed by atoms with Crippen LogP contribution >= 0.6 is 0 Å². The fourth-order valence-corrected chi connectivity index (χ4v) is 2.78. The second-order valence-corrected chi connectivity index (χ2v) is 6.26. The third kappa shape index (κ3) is 4.28. The molecule has 32 heavy (non-hydrogen) atoms. The Morgan fingerprint density at radius 2 is 1.94 bits per heavy atom. The van der Waals surface area contributed by atoms with E-state index in [1.165, 1.54) is 0 Å². The SMILES string of the molecule is O=C(NCc1ncon1)Nc1cc(F)c(Oc2ccnc3[nH]cc(C(F)(F)F)c23)c(F)c1. The molecule has 3 heterocycles. The van der Waals surface area contributed by atoms with Gasteiger partial charge in [0.2, 0.25) is 6.39 Å². The molecule has 0 fully saturated rings. The van der Waals surface area contributed by atoms with E-state index in [4.69, 9.17) is 4.74 Å². The van der Waals surface area contributed by atoms with Gasteiger partial charge in [0.15, 0.2) is 23.2 Å². The summed E-state index contributed by atoms with van der Waals surface area (Å²) in [5, 5.41) is 7.52. The Bertz CT molecular complexity index is 1250. The highest BCUT2D eigenvalue weighted by atomic mass is 19.4. The van der Waals surface area contributed by atoms with Crippen LogP contribution in [0.25, 0.3) is 11.0 Å². The molecular formula is C18H11F5N6O3. The van der Waals surface area contributed by atoms with E-state index in [2.05, 4.69) is 35.3 Å². The molecule has 1 aromatic carbocycles. The summed E-state index contributed by atoms with van der Waals surface area (Å²) in [5.41, 5.74) is -1.55. The maximum absolute atomic E-state index is 14.5. The van der Waals surface area contributed by atoms with E-state index in [-0.39, 0.29) is 23.7 Å². The fourth-order valence-electron chi connectivity index (χ4n) is 2.78. The van der Waals surface area contributed by atoms with Crippen LogP contribution in [0.3, 0.4) is 0 Å². The summed E-state index contributed by atoms with van der Waals surface area (Å²) in [6.07, 6.45) is -1.90. The van der Waals surface area contributed by atoms with Crippen LogP contribution in [-0.4, -0.2) is 26.1 Å². The Balaban J connectivity index is 1.56. The van der Waals surface area contributed by atoms with Crippen molar-refractivity contribution in [3.8, 4) is 11.5 Å². The van der Waals surface area contributed by atoms with Crippen molar-refractivity contribution in [2.24, 2.45) is 0 Å².